The summed E-state index contributed by atoms with van der Waals surface area (Å²) in [4.78, 5) is 13.3. The zero-order chi connectivity index (χ0) is 13.1. The van der Waals surface area contributed by atoms with Crippen LogP contribution in [0.3, 0.4) is 0 Å². The van der Waals surface area contributed by atoms with Gasteiger partial charge in [0, 0.05) is 0 Å². The highest BCUT2D eigenvalue weighted by Crippen LogP contribution is 2.29. The quantitative estimate of drug-likeness (QED) is 0.709. The summed E-state index contributed by atoms with van der Waals surface area (Å²) in [6, 6.07) is 8.74. The van der Waals surface area contributed by atoms with Crippen LogP contribution in [0.15, 0.2) is 42.7 Å². The average Bonchev–Trinajstić information content (AvgIpc) is 2.36. The molecule has 0 aromatic heterocycles. The standard InChI is InChI=1S/C14H12N2O2/c1-10(2)18-14(17)16-12(9-15)8-7-11-5-3-4-6-13(11)16/h3-8,12H,1H2,2H3. The van der Waals surface area contributed by atoms with Crippen LogP contribution < -0.4 is 4.90 Å². The van der Waals surface area contributed by atoms with Gasteiger partial charge in [0.2, 0.25) is 0 Å². The van der Waals surface area contributed by atoms with Gasteiger partial charge in [0.1, 0.15) is 6.04 Å². The topological polar surface area (TPSA) is 53.3 Å². The number of ether oxygens (including phenoxy) is 1. The number of nitrogens with zero attached hydrogens (tertiary/aromatic N) is 2. The Labute approximate surface area is 105 Å². The molecule has 18 heavy (non-hydrogen) atoms. The first-order chi connectivity index (χ1) is 8.63. The summed E-state index contributed by atoms with van der Waals surface area (Å²) in [6.45, 7) is 5.11. The molecule has 1 amide bonds. The highest BCUT2D eigenvalue weighted by molar-refractivity contribution is 5.94. The van der Waals surface area contributed by atoms with Crippen LogP contribution in [0.1, 0.15) is 12.5 Å². The summed E-state index contributed by atoms with van der Waals surface area (Å²) in [5.74, 6) is 0.295. The number of amides is 1. The van der Waals surface area contributed by atoms with Gasteiger partial charge in [0.15, 0.2) is 0 Å². The van der Waals surface area contributed by atoms with Gasteiger partial charge in [-0.3, -0.25) is 4.90 Å². The van der Waals surface area contributed by atoms with Crippen LogP contribution in [0, 0.1) is 11.3 Å². The number of hydrogen-bond acceptors (Lipinski definition) is 3. The van der Waals surface area contributed by atoms with Crippen LogP contribution in [0.2, 0.25) is 0 Å². The third-order valence-corrected chi connectivity index (χ3v) is 2.52. The molecule has 0 saturated carbocycles. The summed E-state index contributed by atoms with van der Waals surface area (Å²) >= 11 is 0. The Morgan fingerprint density at radius 3 is 2.89 bits per heavy atom. The van der Waals surface area contributed by atoms with E-state index in [9.17, 15) is 4.79 Å². The predicted molar refractivity (Wildman–Crippen MR) is 68.7 cm³/mol. The van der Waals surface area contributed by atoms with Gasteiger partial charge in [-0.15, -0.1) is 0 Å². The van der Waals surface area contributed by atoms with Crippen molar-refractivity contribution in [3.05, 3.63) is 48.2 Å². The summed E-state index contributed by atoms with van der Waals surface area (Å²) in [5.41, 5.74) is 1.54. The van der Waals surface area contributed by atoms with E-state index >= 15 is 0 Å². The van der Waals surface area contributed by atoms with Crippen LogP contribution in [0.25, 0.3) is 6.08 Å². The SMILES string of the molecule is C=C(C)OC(=O)N1c2ccccc2C=CC1C#N. The number of allylic oxidation sites excluding steroid dienone is 1. The molecule has 0 radical (unpaired) electrons. The van der Waals surface area contributed by atoms with Crippen LogP contribution in [0.4, 0.5) is 10.5 Å². The lowest BCUT2D eigenvalue weighted by Crippen LogP contribution is -2.40. The fraction of sp³-hybridized carbons (Fsp3) is 0.143. The van der Waals surface area contributed by atoms with Gasteiger partial charge >= 0.3 is 6.09 Å². The minimum absolute atomic E-state index is 0.295. The molecule has 1 aromatic carbocycles. The number of hydrogen-bond donors (Lipinski definition) is 0. The van der Waals surface area contributed by atoms with Crippen LogP contribution >= 0.6 is 0 Å². The number of para-hydroxylation sites is 1. The Morgan fingerprint density at radius 1 is 1.50 bits per heavy atom. The maximum absolute atomic E-state index is 12.0. The highest BCUT2D eigenvalue weighted by Gasteiger charge is 2.29. The third-order valence-electron chi connectivity index (χ3n) is 2.52. The molecule has 2 rings (SSSR count). The molecule has 1 unspecified atom stereocenters. The fourth-order valence-electron chi connectivity index (χ4n) is 1.79. The molecule has 1 aliphatic rings. The van der Waals surface area contributed by atoms with E-state index < -0.39 is 12.1 Å². The second kappa shape index (κ2) is 4.76. The lowest BCUT2D eigenvalue weighted by Gasteiger charge is -2.29. The second-order valence-corrected chi connectivity index (χ2v) is 3.93. The van der Waals surface area contributed by atoms with Crippen LogP contribution in [0.5, 0.6) is 0 Å². The van der Waals surface area contributed by atoms with Crippen molar-refractivity contribution >= 4 is 17.9 Å². The maximum Gasteiger partial charge on any atom is 0.420 e. The number of carbonyl (C=O) groups excluding carboxylic acids is 1. The van der Waals surface area contributed by atoms with Crippen molar-refractivity contribution in [1.82, 2.24) is 0 Å². The molecule has 4 heteroatoms. The Bertz CT molecular complexity index is 569. The van der Waals surface area contributed by atoms with E-state index in [0.717, 1.165) is 5.56 Å². The van der Waals surface area contributed by atoms with E-state index in [1.54, 1.807) is 19.1 Å². The van der Waals surface area contributed by atoms with Gasteiger partial charge in [-0.2, -0.15) is 5.26 Å². The monoisotopic (exact) mass is 240 g/mol. The lowest BCUT2D eigenvalue weighted by atomic mass is 10.0. The molecule has 0 spiro atoms. The van der Waals surface area contributed by atoms with Gasteiger partial charge < -0.3 is 4.74 Å². The maximum atomic E-state index is 12.0. The first-order valence-corrected chi connectivity index (χ1v) is 5.47. The molecule has 1 atom stereocenters. The lowest BCUT2D eigenvalue weighted by molar-refractivity contribution is 0.183. The Balaban J connectivity index is 2.42. The van der Waals surface area contributed by atoms with Crippen molar-refractivity contribution in [2.45, 2.75) is 13.0 Å². The average molecular weight is 240 g/mol. The Morgan fingerprint density at radius 2 is 2.22 bits per heavy atom. The van der Waals surface area contributed by atoms with Crippen molar-refractivity contribution in [1.29, 1.82) is 5.26 Å². The normalized spacial score (nSPS) is 16.7. The molecule has 4 nitrogen and oxygen atoms in total. The smallest absolute Gasteiger partial charge is 0.415 e. The first-order valence-electron chi connectivity index (χ1n) is 5.47. The highest BCUT2D eigenvalue weighted by atomic mass is 16.6. The number of benzene rings is 1. The molecular formula is C14H12N2O2. The summed E-state index contributed by atoms with van der Waals surface area (Å²) in [7, 11) is 0. The van der Waals surface area contributed by atoms with Gasteiger partial charge in [0.05, 0.1) is 17.5 Å². The van der Waals surface area contributed by atoms with E-state index in [1.165, 1.54) is 4.90 Å². The number of rotatable bonds is 1. The van der Waals surface area contributed by atoms with Crippen molar-refractivity contribution in [2.24, 2.45) is 0 Å². The molecule has 0 N–H and O–H groups in total. The van der Waals surface area contributed by atoms with Gasteiger partial charge in [-0.25, -0.2) is 4.79 Å². The van der Waals surface area contributed by atoms with Crippen LogP contribution in [-0.2, 0) is 4.74 Å². The first kappa shape index (κ1) is 11.9. The Hall–Kier alpha value is -2.54. The Kier molecular flexibility index (Phi) is 3.16. The van der Waals surface area contributed by atoms with Gasteiger partial charge in [-0.1, -0.05) is 30.9 Å². The van der Waals surface area contributed by atoms with E-state index in [4.69, 9.17) is 10.00 Å². The number of carbonyl (C=O) groups is 1. The van der Waals surface area contributed by atoms with Crippen molar-refractivity contribution < 1.29 is 9.53 Å². The molecule has 0 bridgehead atoms. The molecule has 1 heterocycles. The number of fused-ring (bicyclic) bond motifs is 1. The van der Waals surface area contributed by atoms with E-state index in [2.05, 4.69) is 12.6 Å². The minimum atomic E-state index is -0.660. The minimum Gasteiger partial charge on any atom is -0.415 e. The van der Waals surface area contributed by atoms with E-state index in [-0.39, 0.29) is 0 Å². The zero-order valence-electron chi connectivity index (χ0n) is 9.96. The predicted octanol–water partition coefficient (Wildman–Crippen LogP) is 3.08. The van der Waals surface area contributed by atoms with Crippen LogP contribution in [-0.4, -0.2) is 12.1 Å². The number of anilines is 1. The van der Waals surface area contributed by atoms with Gasteiger partial charge in [0.25, 0.3) is 0 Å². The molecule has 1 aliphatic heterocycles. The molecule has 0 aliphatic carbocycles. The zero-order valence-corrected chi connectivity index (χ0v) is 9.96. The summed E-state index contributed by atoms with van der Waals surface area (Å²) < 4.78 is 4.99. The third kappa shape index (κ3) is 2.11. The van der Waals surface area contributed by atoms with Gasteiger partial charge in [-0.05, 0) is 24.6 Å². The van der Waals surface area contributed by atoms with Crippen molar-refractivity contribution in [3.63, 3.8) is 0 Å². The number of nitriles is 1. The molecule has 90 valence electrons. The van der Waals surface area contributed by atoms with Crippen molar-refractivity contribution in [2.75, 3.05) is 4.90 Å². The van der Waals surface area contributed by atoms with E-state index in [0.29, 0.717) is 11.4 Å². The largest absolute Gasteiger partial charge is 0.420 e. The molecule has 1 aromatic rings. The van der Waals surface area contributed by atoms with E-state index in [1.807, 2.05) is 24.3 Å². The molecule has 0 saturated heterocycles. The fourth-order valence-corrected chi connectivity index (χ4v) is 1.79. The summed E-state index contributed by atoms with van der Waals surface area (Å²) in [6.07, 6.45) is 2.90. The van der Waals surface area contributed by atoms with Crippen molar-refractivity contribution in [3.8, 4) is 6.07 Å². The second-order valence-electron chi connectivity index (χ2n) is 3.93. The molecule has 0 fully saturated rings. The molecular weight excluding hydrogens is 228 g/mol. The summed E-state index contributed by atoms with van der Waals surface area (Å²) in [5, 5.41) is 9.10.